The van der Waals surface area contributed by atoms with Crippen molar-refractivity contribution >= 4 is 0 Å². The van der Waals surface area contributed by atoms with Crippen LogP contribution in [-0.4, -0.2) is 42.3 Å². The summed E-state index contributed by atoms with van der Waals surface area (Å²) in [5.74, 6) is 0.718. The Kier molecular flexibility index (Phi) is 4.29. The smallest absolute Gasteiger partial charge is 0.0662 e. The van der Waals surface area contributed by atoms with Crippen molar-refractivity contribution in [1.82, 2.24) is 4.90 Å². The zero-order valence-corrected chi connectivity index (χ0v) is 13.4. The number of nitrogens with zero attached hydrogens (tertiary/aromatic N) is 1. The molecule has 0 heterocycles. The van der Waals surface area contributed by atoms with Gasteiger partial charge in [-0.2, -0.15) is 0 Å². The van der Waals surface area contributed by atoms with E-state index in [0.29, 0.717) is 6.10 Å². The summed E-state index contributed by atoms with van der Waals surface area (Å²) in [7, 11) is 0. The van der Waals surface area contributed by atoms with Gasteiger partial charge in [-0.3, -0.25) is 4.90 Å². The predicted molar refractivity (Wildman–Crippen MR) is 80.2 cm³/mol. The van der Waals surface area contributed by atoms with Crippen molar-refractivity contribution in [2.24, 2.45) is 17.1 Å². The average molecular weight is 268 g/mol. The maximum atomic E-state index is 6.72. The second kappa shape index (κ2) is 5.34. The van der Waals surface area contributed by atoms with E-state index in [0.717, 1.165) is 31.5 Å². The third-order valence-electron chi connectivity index (χ3n) is 5.15. The van der Waals surface area contributed by atoms with Gasteiger partial charge in [0.25, 0.3) is 0 Å². The Morgan fingerprint density at radius 3 is 2.37 bits per heavy atom. The molecule has 19 heavy (non-hydrogen) atoms. The van der Waals surface area contributed by atoms with Gasteiger partial charge >= 0.3 is 0 Å². The van der Waals surface area contributed by atoms with Gasteiger partial charge in [-0.1, -0.05) is 27.7 Å². The van der Waals surface area contributed by atoms with E-state index < -0.39 is 0 Å². The molecular formula is C16H32N2O. The molecule has 0 amide bonds. The minimum Gasteiger partial charge on any atom is -0.378 e. The van der Waals surface area contributed by atoms with Crippen LogP contribution in [0.5, 0.6) is 0 Å². The Balaban J connectivity index is 1.97. The molecule has 2 aliphatic rings. The minimum atomic E-state index is -0.0791. The maximum Gasteiger partial charge on any atom is 0.0662 e. The van der Waals surface area contributed by atoms with Crippen LogP contribution in [0.1, 0.15) is 53.9 Å². The van der Waals surface area contributed by atoms with Crippen LogP contribution in [0.15, 0.2) is 0 Å². The van der Waals surface area contributed by atoms with Crippen LogP contribution in [-0.2, 0) is 4.74 Å². The molecule has 0 aliphatic heterocycles. The highest BCUT2D eigenvalue weighted by Gasteiger charge is 2.59. The van der Waals surface area contributed by atoms with Gasteiger partial charge in [-0.25, -0.2) is 0 Å². The molecule has 2 unspecified atom stereocenters. The van der Waals surface area contributed by atoms with E-state index in [2.05, 4.69) is 39.5 Å². The molecule has 3 nitrogen and oxygen atoms in total. The van der Waals surface area contributed by atoms with Crippen LogP contribution in [0.4, 0.5) is 0 Å². The Labute approximate surface area is 118 Å². The van der Waals surface area contributed by atoms with E-state index in [9.17, 15) is 0 Å². The van der Waals surface area contributed by atoms with Crippen molar-refractivity contribution in [3.63, 3.8) is 0 Å². The van der Waals surface area contributed by atoms with E-state index in [1.54, 1.807) is 0 Å². The van der Waals surface area contributed by atoms with Gasteiger partial charge in [-0.05, 0) is 32.1 Å². The van der Waals surface area contributed by atoms with Crippen LogP contribution in [0.3, 0.4) is 0 Å². The summed E-state index contributed by atoms with van der Waals surface area (Å²) >= 11 is 0. The van der Waals surface area contributed by atoms with Gasteiger partial charge in [0, 0.05) is 36.7 Å². The minimum absolute atomic E-state index is 0.0791. The topological polar surface area (TPSA) is 38.5 Å². The van der Waals surface area contributed by atoms with Crippen molar-refractivity contribution in [3.8, 4) is 0 Å². The van der Waals surface area contributed by atoms with E-state index in [4.69, 9.17) is 10.5 Å². The molecule has 0 aromatic rings. The molecule has 0 spiro atoms. The third-order valence-corrected chi connectivity index (χ3v) is 5.15. The maximum absolute atomic E-state index is 6.72. The van der Waals surface area contributed by atoms with Gasteiger partial charge in [-0.15, -0.1) is 0 Å². The lowest BCUT2D eigenvalue weighted by atomic mass is 9.54. The first-order chi connectivity index (χ1) is 8.80. The van der Waals surface area contributed by atoms with Crippen LogP contribution in [0.2, 0.25) is 0 Å². The first-order valence-electron chi connectivity index (χ1n) is 7.94. The lowest BCUT2D eigenvalue weighted by Crippen LogP contribution is -2.73. The summed E-state index contributed by atoms with van der Waals surface area (Å²) < 4.78 is 5.83. The largest absolute Gasteiger partial charge is 0.378 e. The molecule has 112 valence electrons. The highest BCUT2D eigenvalue weighted by molar-refractivity contribution is 5.15. The van der Waals surface area contributed by atoms with Crippen molar-refractivity contribution in [2.45, 2.75) is 71.6 Å². The van der Waals surface area contributed by atoms with Crippen LogP contribution in [0, 0.1) is 11.3 Å². The summed E-state index contributed by atoms with van der Waals surface area (Å²) in [6, 6.07) is 0.796. The monoisotopic (exact) mass is 268 g/mol. The van der Waals surface area contributed by atoms with Crippen molar-refractivity contribution < 1.29 is 4.74 Å². The van der Waals surface area contributed by atoms with Gasteiger partial charge in [0.1, 0.15) is 0 Å². The van der Waals surface area contributed by atoms with Gasteiger partial charge < -0.3 is 10.5 Å². The normalized spacial score (nSPS) is 33.8. The standard InChI is InChI=1S/C16H32N2O/c1-6-19-14-9-16(17,15(14,4)5)11-18(10-12(2)3)13-7-8-13/h12-14H,6-11,17H2,1-5H3. The first-order valence-corrected chi connectivity index (χ1v) is 7.94. The summed E-state index contributed by atoms with van der Waals surface area (Å²) in [6.45, 7) is 14.2. The number of rotatable bonds is 7. The van der Waals surface area contributed by atoms with Gasteiger partial charge in [0.15, 0.2) is 0 Å². The lowest BCUT2D eigenvalue weighted by Gasteiger charge is -2.60. The molecule has 2 atom stereocenters. The van der Waals surface area contributed by atoms with E-state index in [-0.39, 0.29) is 11.0 Å². The van der Waals surface area contributed by atoms with Crippen LogP contribution < -0.4 is 5.73 Å². The second-order valence-corrected chi connectivity index (χ2v) is 7.58. The molecular weight excluding hydrogens is 236 g/mol. The SMILES string of the molecule is CCOC1CC(N)(CN(CC(C)C)C2CC2)C1(C)C. The fraction of sp³-hybridized carbons (Fsp3) is 1.00. The van der Waals surface area contributed by atoms with Crippen LogP contribution >= 0.6 is 0 Å². The fourth-order valence-corrected chi connectivity index (χ4v) is 3.39. The van der Waals surface area contributed by atoms with Gasteiger partial charge in [0.05, 0.1) is 6.10 Å². The first kappa shape index (κ1) is 15.3. The molecule has 2 aliphatic carbocycles. The van der Waals surface area contributed by atoms with E-state index in [1.807, 2.05) is 0 Å². The summed E-state index contributed by atoms with van der Waals surface area (Å²) in [6.07, 6.45) is 4.06. The Bertz CT molecular complexity index is 312. The molecule has 0 radical (unpaired) electrons. The number of nitrogens with two attached hydrogens (primary N) is 1. The molecule has 2 fully saturated rings. The predicted octanol–water partition coefficient (Wildman–Crippen LogP) is 2.64. The Morgan fingerprint density at radius 2 is 1.95 bits per heavy atom. The molecule has 3 heteroatoms. The number of ether oxygens (including phenoxy) is 1. The van der Waals surface area contributed by atoms with Crippen LogP contribution in [0.25, 0.3) is 0 Å². The number of hydrogen-bond acceptors (Lipinski definition) is 3. The molecule has 2 rings (SSSR count). The quantitative estimate of drug-likeness (QED) is 0.771. The van der Waals surface area contributed by atoms with Crippen molar-refractivity contribution in [2.75, 3.05) is 19.7 Å². The summed E-state index contributed by atoms with van der Waals surface area (Å²) in [4.78, 5) is 2.63. The molecule has 0 saturated heterocycles. The summed E-state index contributed by atoms with van der Waals surface area (Å²) in [5, 5.41) is 0. The Hall–Kier alpha value is -0.120. The molecule has 0 bridgehead atoms. The Morgan fingerprint density at radius 1 is 1.32 bits per heavy atom. The zero-order chi connectivity index (χ0) is 14.3. The molecule has 0 aromatic carbocycles. The van der Waals surface area contributed by atoms with Crippen molar-refractivity contribution in [3.05, 3.63) is 0 Å². The van der Waals surface area contributed by atoms with E-state index in [1.165, 1.54) is 19.4 Å². The molecule has 2 N–H and O–H groups in total. The third kappa shape index (κ3) is 2.98. The number of hydrogen-bond donors (Lipinski definition) is 1. The van der Waals surface area contributed by atoms with Gasteiger partial charge in [0.2, 0.25) is 0 Å². The zero-order valence-electron chi connectivity index (χ0n) is 13.4. The highest BCUT2D eigenvalue weighted by Crippen LogP contribution is 2.50. The molecule has 2 saturated carbocycles. The summed E-state index contributed by atoms with van der Waals surface area (Å²) in [5.41, 5.74) is 6.73. The highest BCUT2D eigenvalue weighted by atomic mass is 16.5. The van der Waals surface area contributed by atoms with E-state index >= 15 is 0 Å². The second-order valence-electron chi connectivity index (χ2n) is 7.58. The van der Waals surface area contributed by atoms with Crippen molar-refractivity contribution in [1.29, 1.82) is 0 Å². The fourth-order valence-electron chi connectivity index (χ4n) is 3.39. The average Bonchev–Trinajstić information content (AvgIpc) is 3.11. The molecule has 0 aromatic heterocycles. The lowest BCUT2D eigenvalue weighted by molar-refractivity contribution is -0.157.